The topological polar surface area (TPSA) is 127 Å². The van der Waals surface area contributed by atoms with Crippen molar-refractivity contribution >= 4 is 15.9 Å². The second kappa shape index (κ2) is 7.62. The molecule has 2 unspecified atom stereocenters. The van der Waals surface area contributed by atoms with Crippen LogP contribution in [-0.2, 0) is 14.8 Å². The SMILES string of the molecule is Cc1noc(C)c1S(=O)(=O)NC(C)C(=O)NC(C)(CN)CC(C)C. The van der Waals surface area contributed by atoms with Gasteiger partial charge in [-0.3, -0.25) is 4.79 Å². The van der Waals surface area contributed by atoms with Crippen LogP contribution in [0.25, 0.3) is 0 Å². The van der Waals surface area contributed by atoms with Crippen LogP contribution >= 0.6 is 0 Å². The van der Waals surface area contributed by atoms with Crippen molar-refractivity contribution in [3.05, 3.63) is 11.5 Å². The zero-order chi connectivity index (χ0) is 18.7. The minimum Gasteiger partial charge on any atom is -0.360 e. The lowest BCUT2D eigenvalue weighted by molar-refractivity contribution is -0.124. The van der Waals surface area contributed by atoms with Crippen molar-refractivity contribution in [3.8, 4) is 0 Å². The summed E-state index contributed by atoms with van der Waals surface area (Å²) < 4.78 is 32.1. The number of aromatic nitrogens is 1. The molecule has 0 aliphatic heterocycles. The van der Waals surface area contributed by atoms with E-state index in [0.717, 1.165) is 0 Å². The van der Waals surface area contributed by atoms with Gasteiger partial charge in [0.1, 0.15) is 10.6 Å². The molecule has 0 bridgehead atoms. The molecule has 1 rings (SSSR count). The van der Waals surface area contributed by atoms with Gasteiger partial charge >= 0.3 is 0 Å². The minimum atomic E-state index is -3.91. The molecule has 9 heteroatoms. The maximum Gasteiger partial charge on any atom is 0.246 e. The van der Waals surface area contributed by atoms with Gasteiger partial charge in [0.25, 0.3) is 0 Å². The molecule has 1 heterocycles. The molecule has 0 saturated carbocycles. The summed E-state index contributed by atoms with van der Waals surface area (Å²) >= 11 is 0. The lowest BCUT2D eigenvalue weighted by Gasteiger charge is -2.32. The first-order valence-electron chi connectivity index (χ1n) is 7.89. The molecule has 0 aliphatic rings. The number of nitrogens with zero attached hydrogens (tertiary/aromatic N) is 1. The number of hydrogen-bond acceptors (Lipinski definition) is 6. The Kier molecular flexibility index (Phi) is 6.54. The van der Waals surface area contributed by atoms with Gasteiger partial charge in [-0.1, -0.05) is 19.0 Å². The fourth-order valence-electron chi connectivity index (χ4n) is 2.70. The van der Waals surface area contributed by atoms with E-state index in [2.05, 4.69) is 15.2 Å². The average Bonchev–Trinajstić information content (AvgIpc) is 2.77. The number of nitrogens with one attached hydrogen (secondary N) is 2. The van der Waals surface area contributed by atoms with Crippen LogP contribution in [0.4, 0.5) is 0 Å². The molecule has 0 fully saturated rings. The fourth-order valence-corrected chi connectivity index (χ4v) is 4.23. The number of nitrogens with two attached hydrogens (primary N) is 1. The molecule has 0 aromatic carbocycles. The number of sulfonamides is 1. The number of hydrogen-bond donors (Lipinski definition) is 3. The maximum atomic E-state index is 12.4. The highest BCUT2D eigenvalue weighted by Crippen LogP contribution is 2.19. The second-order valence-electron chi connectivity index (χ2n) is 6.85. The predicted octanol–water partition coefficient (Wildman–Crippen LogP) is 0.838. The van der Waals surface area contributed by atoms with Crippen molar-refractivity contribution in [2.45, 2.75) is 64.4 Å². The van der Waals surface area contributed by atoms with E-state index in [-0.39, 0.29) is 22.9 Å². The summed E-state index contributed by atoms with van der Waals surface area (Å²) in [6.07, 6.45) is 0.693. The molecule has 2 atom stereocenters. The van der Waals surface area contributed by atoms with Crippen LogP contribution in [0, 0.1) is 19.8 Å². The third-order valence-corrected chi connectivity index (χ3v) is 5.48. The molecule has 1 amide bonds. The highest BCUT2D eigenvalue weighted by Gasteiger charge is 2.31. The van der Waals surface area contributed by atoms with E-state index >= 15 is 0 Å². The fraction of sp³-hybridized carbons (Fsp3) is 0.733. The number of carbonyl (C=O) groups is 1. The van der Waals surface area contributed by atoms with Gasteiger partial charge in [0, 0.05) is 12.1 Å². The Morgan fingerprint density at radius 2 is 1.92 bits per heavy atom. The summed E-state index contributed by atoms with van der Waals surface area (Å²) in [4.78, 5) is 12.3. The Hall–Kier alpha value is -1.45. The second-order valence-corrected chi connectivity index (χ2v) is 8.50. The zero-order valence-corrected chi connectivity index (χ0v) is 16.0. The summed E-state index contributed by atoms with van der Waals surface area (Å²) in [6.45, 7) is 10.7. The first-order chi connectivity index (χ1) is 10.9. The van der Waals surface area contributed by atoms with E-state index in [9.17, 15) is 13.2 Å². The molecule has 0 saturated heterocycles. The van der Waals surface area contributed by atoms with Crippen molar-refractivity contribution in [2.24, 2.45) is 11.7 Å². The van der Waals surface area contributed by atoms with Crippen LogP contribution in [0.15, 0.2) is 9.42 Å². The summed E-state index contributed by atoms with van der Waals surface area (Å²) in [6, 6.07) is -0.957. The molecule has 0 radical (unpaired) electrons. The lowest BCUT2D eigenvalue weighted by Crippen LogP contribution is -2.57. The van der Waals surface area contributed by atoms with Crippen molar-refractivity contribution < 1.29 is 17.7 Å². The quantitative estimate of drug-likeness (QED) is 0.630. The smallest absolute Gasteiger partial charge is 0.246 e. The first-order valence-corrected chi connectivity index (χ1v) is 9.37. The van der Waals surface area contributed by atoms with Crippen LogP contribution in [0.3, 0.4) is 0 Å². The summed E-state index contributed by atoms with van der Waals surface area (Å²) in [5.74, 6) is 0.0892. The molecule has 0 spiro atoms. The van der Waals surface area contributed by atoms with Gasteiger partial charge < -0.3 is 15.6 Å². The Labute approximate surface area is 143 Å². The van der Waals surface area contributed by atoms with E-state index in [1.807, 2.05) is 20.8 Å². The van der Waals surface area contributed by atoms with E-state index in [1.165, 1.54) is 20.8 Å². The van der Waals surface area contributed by atoms with Crippen LogP contribution < -0.4 is 15.8 Å². The number of rotatable bonds is 8. The van der Waals surface area contributed by atoms with Gasteiger partial charge in [-0.25, -0.2) is 8.42 Å². The number of amides is 1. The molecule has 1 aromatic heterocycles. The molecule has 138 valence electrons. The van der Waals surface area contributed by atoms with Gasteiger partial charge in [0.2, 0.25) is 15.9 Å². The van der Waals surface area contributed by atoms with Gasteiger partial charge in [-0.05, 0) is 40.0 Å². The third kappa shape index (κ3) is 5.02. The number of carbonyl (C=O) groups excluding carboxylic acids is 1. The van der Waals surface area contributed by atoms with Crippen molar-refractivity contribution in [3.63, 3.8) is 0 Å². The largest absolute Gasteiger partial charge is 0.360 e. The molecule has 4 N–H and O–H groups in total. The summed E-state index contributed by atoms with van der Waals surface area (Å²) in [7, 11) is -3.91. The summed E-state index contributed by atoms with van der Waals surface area (Å²) in [5.41, 5.74) is 5.43. The van der Waals surface area contributed by atoms with Crippen molar-refractivity contribution in [1.29, 1.82) is 0 Å². The molecular formula is C15H28N4O4S. The van der Waals surface area contributed by atoms with Crippen molar-refractivity contribution in [2.75, 3.05) is 6.54 Å². The highest BCUT2D eigenvalue weighted by molar-refractivity contribution is 7.89. The number of aryl methyl sites for hydroxylation is 2. The Bertz CT molecular complexity index is 664. The molecule has 1 aromatic rings. The summed E-state index contributed by atoms with van der Waals surface area (Å²) in [5, 5.41) is 6.47. The average molecular weight is 360 g/mol. The van der Waals surface area contributed by atoms with Crippen LogP contribution in [0.2, 0.25) is 0 Å². The first kappa shape index (κ1) is 20.6. The Balaban J connectivity index is 2.87. The van der Waals surface area contributed by atoms with Gasteiger partial charge in [0.05, 0.1) is 6.04 Å². The third-order valence-electron chi connectivity index (χ3n) is 3.70. The van der Waals surface area contributed by atoms with Gasteiger partial charge in [-0.2, -0.15) is 4.72 Å². The zero-order valence-electron chi connectivity index (χ0n) is 15.1. The Morgan fingerprint density at radius 1 is 1.33 bits per heavy atom. The highest BCUT2D eigenvalue weighted by atomic mass is 32.2. The van der Waals surface area contributed by atoms with E-state index < -0.39 is 27.5 Å². The Morgan fingerprint density at radius 3 is 2.33 bits per heavy atom. The molecule has 0 aliphatic carbocycles. The van der Waals surface area contributed by atoms with Crippen LogP contribution in [0.1, 0.15) is 45.6 Å². The predicted molar refractivity (Wildman–Crippen MR) is 90.8 cm³/mol. The van der Waals surface area contributed by atoms with Gasteiger partial charge in [0.15, 0.2) is 5.76 Å². The molecule has 24 heavy (non-hydrogen) atoms. The van der Waals surface area contributed by atoms with Crippen LogP contribution in [0.5, 0.6) is 0 Å². The maximum absolute atomic E-state index is 12.4. The van der Waals surface area contributed by atoms with E-state index in [1.54, 1.807) is 0 Å². The molecular weight excluding hydrogens is 332 g/mol. The lowest BCUT2D eigenvalue weighted by atomic mass is 9.90. The van der Waals surface area contributed by atoms with Crippen LogP contribution in [-0.4, -0.2) is 37.6 Å². The normalized spacial score (nSPS) is 16.0. The van der Waals surface area contributed by atoms with Crippen molar-refractivity contribution in [1.82, 2.24) is 15.2 Å². The van der Waals surface area contributed by atoms with Gasteiger partial charge in [-0.15, -0.1) is 0 Å². The standard InChI is InChI=1S/C15H28N4O4S/c1-9(2)7-15(6,8-16)17-14(20)11(4)19-24(21,22)13-10(3)18-23-12(13)5/h9,11,19H,7-8,16H2,1-6H3,(H,17,20). The van der Waals surface area contributed by atoms with E-state index in [4.69, 9.17) is 10.3 Å². The molecule has 8 nitrogen and oxygen atoms in total. The minimum absolute atomic E-state index is 0.0362. The monoisotopic (exact) mass is 360 g/mol. The van der Waals surface area contributed by atoms with E-state index in [0.29, 0.717) is 12.3 Å².